The van der Waals surface area contributed by atoms with E-state index < -0.39 is 11.3 Å². The van der Waals surface area contributed by atoms with Crippen LogP contribution in [0.25, 0.3) is 0 Å². The van der Waals surface area contributed by atoms with E-state index in [2.05, 4.69) is 10.6 Å². The third-order valence-electron chi connectivity index (χ3n) is 7.09. The topological polar surface area (TPSA) is 103 Å². The molecule has 2 atom stereocenters. The van der Waals surface area contributed by atoms with Crippen molar-refractivity contribution in [2.24, 2.45) is 9.98 Å². The van der Waals surface area contributed by atoms with E-state index in [-0.39, 0.29) is 30.2 Å². The van der Waals surface area contributed by atoms with Crippen LogP contribution in [0.2, 0.25) is 0 Å². The lowest BCUT2D eigenvalue weighted by Crippen LogP contribution is -2.44. The Bertz CT molecular complexity index is 1300. The van der Waals surface area contributed by atoms with Gasteiger partial charge in [0.1, 0.15) is 11.9 Å². The lowest BCUT2D eigenvalue weighted by atomic mass is 9.95. The van der Waals surface area contributed by atoms with Gasteiger partial charge in [-0.25, -0.2) is 9.89 Å². The minimum absolute atomic E-state index is 0.000494. The fraction of sp³-hybridized carbons (Fsp3) is 0.414. The van der Waals surface area contributed by atoms with E-state index in [0.29, 0.717) is 23.1 Å². The van der Waals surface area contributed by atoms with Crippen molar-refractivity contribution in [2.75, 3.05) is 5.32 Å². The van der Waals surface area contributed by atoms with Crippen molar-refractivity contribution >= 4 is 51.9 Å². The van der Waals surface area contributed by atoms with Gasteiger partial charge < -0.3 is 10.6 Å². The number of thioether (sulfide) groups is 1. The zero-order valence-corrected chi connectivity index (χ0v) is 22.6. The molecule has 0 spiro atoms. The van der Waals surface area contributed by atoms with E-state index in [1.165, 1.54) is 23.1 Å². The van der Waals surface area contributed by atoms with Crippen LogP contribution in [-0.2, 0) is 14.4 Å². The summed E-state index contributed by atoms with van der Waals surface area (Å²) in [4.78, 5) is 50.5. The van der Waals surface area contributed by atoms with E-state index in [0.717, 1.165) is 42.5 Å². The summed E-state index contributed by atoms with van der Waals surface area (Å²) in [6, 6.07) is 14.5. The zero-order chi connectivity index (χ0) is 26.6. The molecule has 38 heavy (non-hydrogen) atoms. The highest BCUT2D eigenvalue weighted by molar-refractivity contribution is 8.15. The Morgan fingerprint density at radius 2 is 1.89 bits per heavy atom. The van der Waals surface area contributed by atoms with Gasteiger partial charge in [-0.05, 0) is 56.0 Å². The molecule has 5 rings (SSSR count). The first kappa shape index (κ1) is 26.2. The Kier molecular flexibility index (Phi) is 7.93. The van der Waals surface area contributed by atoms with Crippen LogP contribution in [0, 0.1) is 6.92 Å². The number of nitrogens with zero attached hydrogens (tertiary/aromatic N) is 3. The maximum Gasteiger partial charge on any atom is 0.259 e. The number of carbonyl (C=O) groups excluding carboxylic acids is 3. The number of hydrogen-bond donors (Lipinski definition) is 2. The maximum absolute atomic E-state index is 13.6. The highest BCUT2D eigenvalue weighted by Crippen LogP contribution is 2.36. The third-order valence-corrected chi connectivity index (χ3v) is 8.41. The number of anilines is 1. The molecule has 3 aliphatic rings. The van der Waals surface area contributed by atoms with Crippen molar-refractivity contribution in [3.05, 3.63) is 59.7 Å². The van der Waals surface area contributed by atoms with Gasteiger partial charge in [0.15, 0.2) is 5.17 Å². The molecule has 2 heterocycles. The molecule has 3 amide bonds. The van der Waals surface area contributed by atoms with Crippen molar-refractivity contribution in [3.63, 3.8) is 0 Å². The number of aryl methyl sites for hydroxylation is 1. The first-order chi connectivity index (χ1) is 18.4. The molecule has 0 saturated heterocycles. The Labute approximate surface area is 227 Å². The maximum atomic E-state index is 13.6. The molecular weight excluding hydrogens is 498 g/mol. The van der Waals surface area contributed by atoms with Crippen LogP contribution < -0.4 is 10.6 Å². The van der Waals surface area contributed by atoms with Crippen molar-refractivity contribution in [2.45, 2.75) is 76.1 Å². The van der Waals surface area contributed by atoms with E-state index in [9.17, 15) is 14.4 Å². The largest absolute Gasteiger partial charge is 0.353 e. The van der Waals surface area contributed by atoms with Crippen LogP contribution in [0.15, 0.2) is 58.5 Å². The molecule has 8 nitrogen and oxygen atoms in total. The Morgan fingerprint density at radius 1 is 1.11 bits per heavy atom. The molecule has 0 radical (unpaired) electrons. The summed E-state index contributed by atoms with van der Waals surface area (Å²) in [6.07, 6.45) is 5.95. The number of nitrogens with one attached hydrogen (secondary N) is 2. The molecule has 9 heteroatoms. The second-order valence-corrected chi connectivity index (χ2v) is 11.2. The quantitative estimate of drug-likeness (QED) is 0.528. The molecular formula is C29H33N5O3S. The normalized spacial score (nSPS) is 19.7. The fourth-order valence-corrected chi connectivity index (χ4v) is 6.14. The molecule has 1 fully saturated rings. The van der Waals surface area contributed by atoms with E-state index in [1.807, 2.05) is 62.4 Å². The van der Waals surface area contributed by atoms with Gasteiger partial charge in [0, 0.05) is 17.3 Å². The fourth-order valence-electron chi connectivity index (χ4n) is 5.12. The van der Waals surface area contributed by atoms with Crippen LogP contribution in [0.5, 0.6) is 0 Å². The van der Waals surface area contributed by atoms with Gasteiger partial charge in [0.2, 0.25) is 11.8 Å². The smallest absolute Gasteiger partial charge is 0.259 e. The molecule has 2 aromatic carbocycles. The molecule has 1 saturated carbocycles. The third kappa shape index (κ3) is 5.67. The molecule has 2 N–H and O–H groups in total. The van der Waals surface area contributed by atoms with Gasteiger partial charge in [-0.2, -0.15) is 0 Å². The van der Waals surface area contributed by atoms with Crippen LogP contribution in [0.4, 0.5) is 11.4 Å². The van der Waals surface area contributed by atoms with E-state index >= 15 is 0 Å². The molecule has 2 aromatic rings. The van der Waals surface area contributed by atoms with Crippen LogP contribution >= 0.6 is 11.8 Å². The number of para-hydroxylation sites is 1. The van der Waals surface area contributed by atoms with Crippen molar-refractivity contribution < 1.29 is 14.4 Å². The minimum atomic E-state index is -0.813. The Morgan fingerprint density at radius 3 is 2.66 bits per heavy atom. The Hall–Kier alpha value is -3.46. The van der Waals surface area contributed by atoms with Gasteiger partial charge in [0.05, 0.1) is 17.4 Å². The van der Waals surface area contributed by atoms with Crippen LogP contribution in [-0.4, -0.2) is 51.0 Å². The predicted molar refractivity (Wildman–Crippen MR) is 152 cm³/mol. The second kappa shape index (κ2) is 11.5. The molecule has 2 aliphatic heterocycles. The van der Waals surface area contributed by atoms with Crippen molar-refractivity contribution in [1.29, 1.82) is 0 Å². The van der Waals surface area contributed by atoms with Gasteiger partial charge in [0.25, 0.3) is 5.91 Å². The van der Waals surface area contributed by atoms with Gasteiger partial charge in [-0.1, -0.05) is 62.2 Å². The lowest BCUT2D eigenvalue weighted by Gasteiger charge is -2.27. The highest BCUT2D eigenvalue weighted by atomic mass is 32.2. The van der Waals surface area contributed by atoms with Crippen molar-refractivity contribution in [3.8, 4) is 0 Å². The molecule has 0 unspecified atom stereocenters. The first-order valence-electron chi connectivity index (χ1n) is 13.4. The van der Waals surface area contributed by atoms with E-state index in [4.69, 9.17) is 9.98 Å². The number of carbonyl (C=O) groups is 3. The first-order valence-corrected chi connectivity index (χ1v) is 14.2. The summed E-state index contributed by atoms with van der Waals surface area (Å²) in [5.74, 6) is -0.0953. The van der Waals surface area contributed by atoms with Gasteiger partial charge in [-0.3, -0.25) is 19.4 Å². The summed E-state index contributed by atoms with van der Waals surface area (Å²) in [6.45, 7) is 3.91. The van der Waals surface area contributed by atoms with Gasteiger partial charge >= 0.3 is 0 Å². The van der Waals surface area contributed by atoms with Gasteiger partial charge in [-0.15, -0.1) is 0 Å². The van der Waals surface area contributed by atoms with Crippen molar-refractivity contribution in [1.82, 2.24) is 10.2 Å². The highest BCUT2D eigenvalue weighted by Gasteiger charge is 2.43. The summed E-state index contributed by atoms with van der Waals surface area (Å²) in [7, 11) is 0. The summed E-state index contributed by atoms with van der Waals surface area (Å²) >= 11 is 1.25. The average Bonchev–Trinajstić information content (AvgIpc) is 3.23. The summed E-state index contributed by atoms with van der Waals surface area (Å²) < 4.78 is 0. The number of hydrogen-bond acceptors (Lipinski definition) is 6. The van der Waals surface area contributed by atoms with Crippen LogP contribution in [0.3, 0.4) is 0 Å². The number of rotatable bonds is 7. The Balaban J connectivity index is 1.35. The summed E-state index contributed by atoms with van der Waals surface area (Å²) in [5.41, 5.74) is 3.23. The number of aliphatic imine (C=N–C) groups is 2. The zero-order valence-electron chi connectivity index (χ0n) is 21.8. The van der Waals surface area contributed by atoms with E-state index in [1.54, 1.807) is 0 Å². The number of amidine groups is 2. The lowest BCUT2D eigenvalue weighted by molar-refractivity contribution is -0.129. The second-order valence-electron chi connectivity index (χ2n) is 10.0. The minimum Gasteiger partial charge on any atom is -0.353 e. The molecule has 0 aromatic heterocycles. The standard InChI is InChI=1S/C29H33N5O3S/c1-3-24(27(36)31-20-13-9-10-18(2)16-20)38-29-33-22-15-8-7-14-21(22)26-32-23(28(37)34(26)29)17-25(35)30-19-11-5-4-6-12-19/h7-10,13-16,19,23-24H,3-6,11-12,17H2,1-2H3,(H,30,35)(H,31,36)/t23-,24-/m0/s1. The monoisotopic (exact) mass is 531 g/mol. The SMILES string of the molecule is CC[C@H](SC1=Nc2ccccc2C2=N[C@@H](CC(=O)NC3CCCCC3)C(=O)N12)C(=O)Nc1cccc(C)c1. The number of benzene rings is 2. The predicted octanol–water partition coefficient (Wildman–Crippen LogP) is 4.94. The molecule has 198 valence electrons. The molecule has 0 bridgehead atoms. The molecule has 1 aliphatic carbocycles. The van der Waals surface area contributed by atoms with Crippen LogP contribution in [0.1, 0.15) is 63.0 Å². The number of amides is 3. The number of fused-ring (bicyclic) bond motifs is 3. The average molecular weight is 532 g/mol. The summed E-state index contributed by atoms with van der Waals surface area (Å²) in [5, 5.41) is 6.02.